The first-order valence-electron chi connectivity index (χ1n) is 37.3. The molecule has 2 aromatic carbocycles. The number of carbonyl (C=O) groups is 8. The Morgan fingerprint density at radius 2 is 1.66 bits per heavy atom. The Morgan fingerprint density at radius 1 is 0.853 bits per heavy atom. The summed E-state index contributed by atoms with van der Waals surface area (Å²) in [6.07, 6.45) is 13.0. The molecule has 4 saturated carbocycles. The third-order valence-electron chi connectivity index (χ3n) is 22.6. The second kappa shape index (κ2) is 32.7. The molecule has 109 heavy (non-hydrogen) atoms. The van der Waals surface area contributed by atoms with Crippen molar-refractivity contribution in [3.63, 3.8) is 0 Å². The van der Waals surface area contributed by atoms with Crippen LogP contribution in [0.4, 0.5) is 21.4 Å². The van der Waals surface area contributed by atoms with Gasteiger partial charge in [0.25, 0.3) is 17.7 Å². The largest absolute Gasteiger partial charge is 0.479 e. The van der Waals surface area contributed by atoms with Gasteiger partial charge in [-0.15, -0.1) is 0 Å². The van der Waals surface area contributed by atoms with Crippen molar-refractivity contribution < 1.29 is 87.0 Å². The number of benzene rings is 2. The molecule has 5 unspecified atom stereocenters. The first-order valence-corrected chi connectivity index (χ1v) is 39.9. The predicted octanol–water partition coefficient (Wildman–Crippen LogP) is 8.96. The Morgan fingerprint density at radius 3 is 2.43 bits per heavy atom. The van der Waals surface area contributed by atoms with Gasteiger partial charge in [-0.25, -0.2) is 24.4 Å². The summed E-state index contributed by atoms with van der Waals surface area (Å²) >= 11 is 1.35. The van der Waals surface area contributed by atoms with Crippen LogP contribution in [0.2, 0.25) is 0 Å². The minimum absolute atomic E-state index is 0.00582. The summed E-state index contributed by atoms with van der Waals surface area (Å²) in [7, 11) is -4.29. The van der Waals surface area contributed by atoms with Crippen LogP contribution in [0.1, 0.15) is 153 Å². The number of pyridine rings is 2. The molecule has 4 aromatic heterocycles. The van der Waals surface area contributed by atoms with Crippen LogP contribution < -0.4 is 25.6 Å². The SMILES string of the molecule is Cc1c(-c2ccc(N3CCc4cccc(C(=O)Nc5nc6ncccc6s5)c4C3)nc2C(=O)O)cnn1CC12CC3(C)CC(OCCN(CCCP(=O)(O)O)C4CCN(C(=O)OC/C=C/c5ccc(O[C@H]6CC(O)C[C@@H](C(=O)O)O6)c(NC(=O)CCNC(=O)CCCCCN6C(=O)C=CC6=O)c5)CC4)(CC1(C)C3)C2. The second-order valence-corrected chi connectivity index (χ2v) is 33.4. The van der Waals surface area contributed by atoms with Gasteiger partial charge in [0.15, 0.2) is 22.6 Å². The Balaban J connectivity index is 0.601. The van der Waals surface area contributed by atoms with Gasteiger partial charge in [0, 0.05) is 125 Å². The maximum Gasteiger partial charge on any atom is 0.410 e. The zero-order valence-electron chi connectivity index (χ0n) is 61.3. The number of carboxylic acid groups (broad SMARTS) is 2. The highest BCUT2D eigenvalue weighted by atomic mass is 32.1. The number of nitrogens with zero attached hydrogens (tertiary/aromatic N) is 9. The lowest BCUT2D eigenvalue weighted by Crippen LogP contribution is -2.49. The van der Waals surface area contributed by atoms with E-state index in [1.54, 1.807) is 53.7 Å². The van der Waals surface area contributed by atoms with Gasteiger partial charge in [-0.3, -0.25) is 48.3 Å². The van der Waals surface area contributed by atoms with Gasteiger partial charge in [0.2, 0.25) is 18.1 Å². The number of hydrogen-bond donors (Lipinski definition) is 8. The van der Waals surface area contributed by atoms with Gasteiger partial charge in [-0.2, -0.15) is 10.1 Å². The third kappa shape index (κ3) is 18.1. The number of nitrogens with one attached hydrogen (secondary N) is 3. The molecule has 32 heteroatoms. The van der Waals surface area contributed by atoms with Crippen LogP contribution in [0.3, 0.4) is 0 Å². The van der Waals surface area contributed by atoms with E-state index in [1.165, 1.54) is 23.5 Å². The number of ether oxygens (including phenoxy) is 4. The molecular weight excluding hydrogens is 1440 g/mol. The number of piperidine rings is 1. The molecular formula is C77H93N12O18PS. The van der Waals surface area contributed by atoms with E-state index >= 15 is 0 Å². The Labute approximate surface area is 633 Å². The van der Waals surface area contributed by atoms with E-state index in [0.29, 0.717) is 130 Å². The molecule has 2 saturated heterocycles. The summed E-state index contributed by atoms with van der Waals surface area (Å²) in [5, 5.41) is 44.7. The number of hydrogen-bond acceptors (Lipinski definition) is 21. The summed E-state index contributed by atoms with van der Waals surface area (Å²) in [5.74, 6) is -3.62. The fourth-order valence-corrected chi connectivity index (χ4v) is 19.4. The molecule has 0 spiro atoms. The number of imide groups is 1. The summed E-state index contributed by atoms with van der Waals surface area (Å²) < 4.78 is 39.5. The van der Waals surface area contributed by atoms with Crippen molar-refractivity contribution in [1.82, 2.24) is 44.7 Å². The minimum atomic E-state index is -4.29. The van der Waals surface area contributed by atoms with Crippen LogP contribution in [0.15, 0.2) is 91.3 Å². The van der Waals surface area contributed by atoms with E-state index < -0.39 is 55.6 Å². The molecule has 4 bridgehead atoms. The van der Waals surface area contributed by atoms with Crippen LogP contribution in [0.25, 0.3) is 27.6 Å². The van der Waals surface area contributed by atoms with Gasteiger partial charge < -0.3 is 64.5 Å². The molecule has 8 aliphatic rings. The molecule has 7 atom stereocenters. The number of amides is 6. The number of carbonyl (C=O) groups excluding carboxylic acids is 6. The standard InChI is InChI=1S/C77H93N12O18PS/c1-48-55(53-17-19-61(82-67(53)71(98)99)87-30-23-50-12-7-13-54(56(50)41-87)69(95)84-72-83-68-60(109-72)14-8-26-79-68)40-80-89(48)47-76-43-74(2)42-75(76,3)45-77(44-74,46-76)105-35-33-85(28-10-36-108(101,102)103)51-24-31-86(32-25-51)73(100)104-34-9-11-49-16-18-58(106-66-39-52(90)38-59(107-66)70(96)97)57(37-49)81-63(92)22-27-78-62(91)15-5-4-6-29-88-64(93)20-21-65(88)94/h7-9,11-14,16-21,26,37,40,51-52,59,66,90H,4-6,10,15,22-25,27-36,38-39,41-47H2,1-3H3,(H,78,91)(H,81,92)(H,96,97)(H,98,99)(H2,101,102,103)(H,79,83,84,95)/b11-9+/t52?,59-,66+,74?,75?,76?,77?/m0/s1. The average Bonchev–Trinajstić information content (AvgIpc) is 1.50. The van der Waals surface area contributed by atoms with Gasteiger partial charge in [0.1, 0.15) is 18.2 Å². The highest BCUT2D eigenvalue weighted by Gasteiger charge is 2.74. The van der Waals surface area contributed by atoms with Crippen molar-refractivity contribution >= 4 is 99.6 Å². The molecule has 8 N–H and O–H groups in total. The number of thiazole rings is 1. The first kappa shape index (κ1) is 77.8. The number of unbranched alkanes of at least 4 members (excludes halogenated alkanes) is 2. The number of rotatable bonds is 32. The average molecular weight is 1540 g/mol. The molecule has 8 heterocycles. The fourth-order valence-electron chi connectivity index (χ4n) is 18.0. The third-order valence-corrected chi connectivity index (χ3v) is 24.4. The molecule has 4 aliphatic heterocycles. The minimum Gasteiger partial charge on any atom is -0.479 e. The summed E-state index contributed by atoms with van der Waals surface area (Å²) in [6.45, 7) is 10.4. The van der Waals surface area contributed by atoms with Crippen molar-refractivity contribution in [3.8, 4) is 16.9 Å². The van der Waals surface area contributed by atoms with E-state index in [2.05, 4.69) is 44.7 Å². The number of likely N-dealkylation sites (tertiary alicyclic amines) is 1. The monoisotopic (exact) mass is 1540 g/mol. The van der Waals surface area contributed by atoms with Crippen LogP contribution in [0, 0.1) is 23.2 Å². The number of aromatic carboxylic acids is 1. The Kier molecular flexibility index (Phi) is 23.3. The highest BCUT2D eigenvalue weighted by Crippen LogP contribution is 2.78. The predicted molar refractivity (Wildman–Crippen MR) is 401 cm³/mol. The zero-order valence-corrected chi connectivity index (χ0v) is 63.0. The maximum absolute atomic E-state index is 13.8. The lowest BCUT2D eigenvalue weighted by Gasteiger charge is -2.47. The fraction of sp³-hybridized carbons (Fsp3) is 0.506. The van der Waals surface area contributed by atoms with Crippen LogP contribution in [-0.4, -0.2) is 207 Å². The van der Waals surface area contributed by atoms with Gasteiger partial charge in [0.05, 0.1) is 41.1 Å². The summed E-state index contributed by atoms with van der Waals surface area (Å²) in [6, 6.07) is 17.8. The van der Waals surface area contributed by atoms with Crippen molar-refractivity contribution in [3.05, 3.63) is 125 Å². The zero-order chi connectivity index (χ0) is 77.0. The number of aromatic nitrogens is 5. The van der Waals surface area contributed by atoms with E-state index in [4.69, 9.17) is 29.0 Å². The number of anilines is 3. The molecule has 30 nitrogen and oxygen atoms in total. The maximum atomic E-state index is 13.8. The van der Waals surface area contributed by atoms with Crippen molar-refractivity contribution in [2.75, 3.05) is 80.7 Å². The lowest BCUT2D eigenvalue weighted by atomic mass is 9.65. The van der Waals surface area contributed by atoms with Crippen LogP contribution in [-0.2, 0) is 62.3 Å². The van der Waals surface area contributed by atoms with Crippen molar-refractivity contribution in [2.24, 2.45) is 16.2 Å². The smallest absolute Gasteiger partial charge is 0.410 e. The number of aliphatic hydroxyl groups excluding tert-OH is 1. The normalized spacial score (nSPS) is 23.8. The Hall–Kier alpha value is -9.33. The number of fused-ring (bicyclic) bond motifs is 2. The van der Waals surface area contributed by atoms with Crippen LogP contribution >= 0.6 is 18.9 Å². The van der Waals surface area contributed by atoms with E-state index in [0.717, 1.165) is 58.5 Å². The highest BCUT2D eigenvalue weighted by molar-refractivity contribution is 7.51. The molecule has 14 rings (SSSR count). The molecule has 6 aromatic rings. The van der Waals surface area contributed by atoms with E-state index in [1.807, 2.05) is 52.9 Å². The number of carboxylic acids is 2. The van der Waals surface area contributed by atoms with Crippen LogP contribution in [0.5, 0.6) is 5.75 Å². The molecule has 4 aliphatic carbocycles. The molecule has 580 valence electrons. The molecule has 6 fully saturated rings. The van der Waals surface area contributed by atoms with E-state index in [9.17, 15) is 68.0 Å². The Bertz CT molecular complexity index is 4540. The number of aliphatic hydroxyl groups is 1. The summed E-state index contributed by atoms with van der Waals surface area (Å²) in [4.78, 5) is 142. The van der Waals surface area contributed by atoms with Gasteiger partial charge >= 0.3 is 25.6 Å². The second-order valence-electron chi connectivity index (χ2n) is 30.6. The lowest BCUT2D eigenvalue weighted by molar-refractivity contribution is -0.195. The number of aliphatic carboxylic acids is 1. The quantitative estimate of drug-likeness (QED) is 0.0111. The van der Waals surface area contributed by atoms with E-state index in [-0.39, 0.29) is 121 Å². The van der Waals surface area contributed by atoms with Crippen molar-refractivity contribution in [1.29, 1.82) is 0 Å². The van der Waals surface area contributed by atoms with Gasteiger partial charge in [-0.1, -0.05) is 55.9 Å². The van der Waals surface area contributed by atoms with Gasteiger partial charge in [-0.05, 0) is 166 Å². The molecule has 6 amide bonds. The molecule has 0 radical (unpaired) electrons. The summed E-state index contributed by atoms with van der Waals surface area (Å²) in [5.41, 5.74) is 4.81. The topological polar surface area (TPSA) is 397 Å². The van der Waals surface area contributed by atoms with Crippen molar-refractivity contribution in [2.45, 2.75) is 167 Å². The first-order chi connectivity index (χ1) is 52.1.